The number of aliphatic hydroxyl groups is 1. The lowest BCUT2D eigenvalue weighted by molar-refractivity contribution is 0.195. The third-order valence-corrected chi connectivity index (χ3v) is 3.85. The van der Waals surface area contributed by atoms with Crippen molar-refractivity contribution in [1.29, 1.82) is 0 Å². The quantitative estimate of drug-likeness (QED) is 0.911. The van der Waals surface area contributed by atoms with E-state index in [0.717, 1.165) is 20.7 Å². The number of hydrogen-bond donors (Lipinski definition) is 1. The number of thiazole rings is 1. The van der Waals surface area contributed by atoms with Crippen molar-refractivity contribution in [2.24, 2.45) is 0 Å². The van der Waals surface area contributed by atoms with Crippen LogP contribution in [0, 0.1) is 6.92 Å². The second-order valence-corrected chi connectivity index (χ2v) is 5.45. The second kappa shape index (κ2) is 4.65. The van der Waals surface area contributed by atoms with Gasteiger partial charge in [-0.3, -0.25) is 0 Å². The van der Waals surface area contributed by atoms with Gasteiger partial charge in [-0.05, 0) is 25.5 Å². The average molecular weight is 298 g/mol. The SMILES string of the molecule is Cc1ccc(-c2nc(C(C)O)cs2)c(Br)c1. The van der Waals surface area contributed by atoms with Gasteiger partial charge in [0.15, 0.2) is 0 Å². The molecule has 16 heavy (non-hydrogen) atoms. The van der Waals surface area contributed by atoms with Crippen LogP contribution in [-0.2, 0) is 0 Å². The van der Waals surface area contributed by atoms with Gasteiger partial charge in [-0.15, -0.1) is 11.3 Å². The maximum absolute atomic E-state index is 9.43. The Hall–Kier alpha value is -0.710. The summed E-state index contributed by atoms with van der Waals surface area (Å²) in [6, 6.07) is 6.17. The molecule has 0 saturated carbocycles. The monoisotopic (exact) mass is 297 g/mol. The number of benzene rings is 1. The number of nitrogens with zero attached hydrogens (tertiary/aromatic N) is 1. The molecule has 1 aromatic carbocycles. The summed E-state index contributed by atoms with van der Waals surface area (Å²) in [7, 11) is 0. The van der Waals surface area contributed by atoms with Gasteiger partial charge in [-0.1, -0.05) is 28.1 Å². The first kappa shape index (κ1) is 11.8. The smallest absolute Gasteiger partial charge is 0.124 e. The molecule has 0 saturated heterocycles. The van der Waals surface area contributed by atoms with Crippen LogP contribution in [0.3, 0.4) is 0 Å². The van der Waals surface area contributed by atoms with Gasteiger partial charge in [0, 0.05) is 15.4 Å². The molecule has 0 aliphatic heterocycles. The summed E-state index contributed by atoms with van der Waals surface area (Å²) in [5.41, 5.74) is 3.01. The Kier molecular flexibility index (Phi) is 3.42. The molecule has 0 aliphatic carbocycles. The van der Waals surface area contributed by atoms with Gasteiger partial charge >= 0.3 is 0 Å². The summed E-state index contributed by atoms with van der Waals surface area (Å²) in [5.74, 6) is 0. The summed E-state index contributed by atoms with van der Waals surface area (Å²) in [5, 5.41) is 12.3. The minimum Gasteiger partial charge on any atom is -0.387 e. The molecule has 0 radical (unpaired) electrons. The van der Waals surface area contributed by atoms with E-state index >= 15 is 0 Å². The van der Waals surface area contributed by atoms with Crippen molar-refractivity contribution in [1.82, 2.24) is 4.98 Å². The van der Waals surface area contributed by atoms with Crippen LogP contribution in [0.2, 0.25) is 0 Å². The molecule has 2 aromatic rings. The Bertz CT molecular complexity index is 507. The molecule has 1 unspecified atom stereocenters. The Morgan fingerprint density at radius 3 is 2.75 bits per heavy atom. The zero-order valence-electron chi connectivity index (χ0n) is 9.07. The van der Waals surface area contributed by atoms with Crippen LogP contribution in [0.4, 0.5) is 0 Å². The third kappa shape index (κ3) is 2.34. The molecule has 0 spiro atoms. The van der Waals surface area contributed by atoms with Crippen molar-refractivity contribution < 1.29 is 5.11 Å². The first-order valence-electron chi connectivity index (χ1n) is 4.98. The van der Waals surface area contributed by atoms with E-state index in [4.69, 9.17) is 0 Å². The normalized spacial score (nSPS) is 12.8. The van der Waals surface area contributed by atoms with E-state index < -0.39 is 6.10 Å². The van der Waals surface area contributed by atoms with E-state index in [9.17, 15) is 5.11 Å². The molecule has 2 rings (SSSR count). The van der Waals surface area contributed by atoms with Crippen LogP contribution in [-0.4, -0.2) is 10.1 Å². The maximum Gasteiger partial charge on any atom is 0.124 e. The largest absolute Gasteiger partial charge is 0.387 e. The van der Waals surface area contributed by atoms with Gasteiger partial charge in [-0.25, -0.2) is 4.98 Å². The molecular weight excluding hydrogens is 286 g/mol. The lowest BCUT2D eigenvalue weighted by atomic mass is 10.1. The van der Waals surface area contributed by atoms with Gasteiger partial charge < -0.3 is 5.11 Å². The molecule has 1 aromatic heterocycles. The molecular formula is C12H12BrNOS. The number of halogens is 1. The van der Waals surface area contributed by atoms with Gasteiger partial charge in [0.2, 0.25) is 0 Å². The van der Waals surface area contributed by atoms with Crippen molar-refractivity contribution in [3.63, 3.8) is 0 Å². The number of rotatable bonds is 2. The fourth-order valence-electron chi connectivity index (χ4n) is 1.40. The summed E-state index contributed by atoms with van der Waals surface area (Å²) < 4.78 is 1.04. The third-order valence-electron chi connectivity index (χ3n) is 2.30. The Morgan fingerprint density at radius 1 is 1.44 bits per heavy atom. The standard InChI is InChI=1S/C12H12BrNOS/c1-7-3-4-9(10(13)5-7)12-14-11(6-16-12)8(2)15/h3-6,8,15H,1-2H3. The molecule has 1 N–H and O–H groups in total. The fraction of sp³-hybridized carbons (Fsp3) is 0.250. The number of aromatic nitrogens is 1. The highest BCUT2D eigenvalue weighted by molar-refractivity contribution is 9.10. The minimum atomic E-state index is -0.505. The lowest BCUT2D eigenvalue weighted by Crippen LogP contribution is -1.90. The number of aliphatic hydroxyl groups excluding tert-OH is 1. The zero-order valence-corrected chi connectivity index (χ0v) is 11.5. The van der Waals surface area contributed by atoms with E-state index in [1.807, 2.05) is 11.4 Å². The highest BCUT2D eigenvalue weighted by Crippen LogP contribution is 2.32. The van der Waals surface area contributed by atoms with E-state index in [-0.39, 0.29) is 0 Å². The van der Waals surface area contributed by atoms with Crippen LogP contribution in [0.25, 0.3) is 10.6 Å². The molecule has 0 fully saturated rings. The van der Waals surface area contributed by atoms with Gasteiger partial charge in [0.1, 0.15) is 5.01 Å². The van der Waals surface area contributed by atoms with Crippen molar-refractivity contribution in [2.45, 2.75) is 20.0 Å². The molecule has 0 amide bonds. The zero-order chi connectivity index (χ0) is 11.7. The van der Waals surface area contributed by atoms with E-state index in [0.29, 0.717) is 0 Å². The topological polar surface area (TPSA) is 33.1 Å². The first-order valence-corrected chi connectivity index (χ1v) is 6.65. The lowest BCUT2D eigenvalue weighted by Gasteiger charge is -2.02. The van der Waals surface area contributed by atoms with Crippen LogP contribution in [0.15, 0.2) is 28.1 Å². The minimum absolute atomic E-state index is 0.505. The summed E-state index contributed by atoms with van der Waals surface area (Å²) in [4.78, 5) is 4.41. The summed E-state index contributed by atoms with van der Waals surface area (Å²) in [6.07, 6.45) is -0.505. The molecule has 1 heterocycles. The van der Waals surface area contributed by atoms with Gasteiger partial charge in [0.25, 0.3) is 0 Å². The van der Waals surface area contributed by atoms with E-state index in [1.54, 1.807) is 18.3 Å². The van der Waals surface area contributed by atoms with Crippen molar-refractivity contribution in [3.05, 3.63) is 39.3 Å². The molecule has 0 aliphatic rings. The van der Waals surface area contributed by atoms with Gasteiger partial charge in [-0.2, -0.15) is 0 Å². The Morgan fingerprint density at radius 2 is 2.19 bits per heavy atom. The predicted octanol–water partition coefficient (Wildman–Crippen LogP) is 3.93. The molecule has 2 nitrogen and oxygen atoms in total. The molecule has 4 heteroatoms. The Labute approximate surface area is 107 Å². The maximum atomic E-state index is 9.43. The van der Waals surface area contributed by atoms with Crippen LogP contribution in [0.5, 0.6) is 0 Å². The fourth-order valence-corrected chi connectivity index (χ4v) is 3.15. The van der Waals surface area contributed by atoms with E-state index in [1.165, 1.54) is 5.56 Å². The molecule has 1 atom stereocenters. The van der Waals surface area contributed by atoms with Crippen molar-refractivity contribution >= 4 is 27.3 Å². The highest BCUT2D eigenvalue weighted by Gasteiger charge is 2.10. The predicted molar refractivity (Wildman–Crippen MR) is 70.6 cm³/mol. The highest BCUT2D eigenvalue weighted by atomic mass is 79.9. The van der Waals surface area contributed by atoms with Crippen molar-refractivity contribution in [3.8, 4) is 10.6 Å². The van der Waals surface area contributed by atoms with Gasteiger partial charge in [0.05, 0.1) is 11.8 Å². The summed E-state index contributed by atoms with van der Waals surface area (Å²) in [6.45, 7) is 3.78. The Balaban J connectivity index is 2.42. The van der Waals surface area contributed by atoms with Crippen LogP contribution in [0.1, 0.15) is 24.3 Å². The summed E-state index contributed by atoms with van der Waals surface area (Å²) >= 11 is 5.08. The first-order chi connectivity index (χ1) is 7.58. The number of aryl methyl sites for hydroxylation is 1. The number of hydrogen-bond acceptors (Lipinski definition) is 3. The average Bonchev–Trinajstić information content (AvgIpc) is 2.66. The van der Waals surface area contributed by atoms with Crippen molar-refractivity contribution in [2.75, 3.05) is 0 Å². The second-order valence-electron chi connectivity index (χ2n) is 3.74. The van der Waals surface area contributed by atoms with Crippen LogP contribution >= 0.6 is 27.3 Å². The van der Waals surface area contributed by atoms with Crippen LogP contribution < -0.4 is 0 Å². The molecule has 84 valence electrons. The van der Waals surface area contributed by atoms with E-state index in [2.05, 4.69) is 40.0 Å². The molecule has 0 bridgehead atoms.